The third-order valence-electron chi connectivity index (χ3n) is 2.52. The highest BCUT2D eigenvalue weighted by Gasteiger charge is 2.20. The minimum absolute atomic E-state index is 0.0827. The Morgan fingerprint density at radius 1 is 1.32 bits per heavy atom. The van der Waals surface area contributed by atoms with Gasteiger partial charge in [0.2, 0.25) is 5.91 Å². The van der Waals surface area contributed by atoms with E-state index in [9.17, 15) is 9.59 Å². The summed E-state index contributed by atoms with van der Waals surface area (Å²) in [5, 5.41) is 20.7. The molecule has 0 bridgehead atoms. The quantitative estimate of drug-likeness (QED) is 0.589. The molecule has 0 aromatic heterocycles. The number of aromatic hydroxyl groups is 1. The molecular weight excluding hydrogens is 248 g/mol. The molecule has 6 nitrogen and oxygen atoms in total. The predicted molar refractivity (Wildman–Crippen MR) is 69.6 cm³/mol. The number of nitrogens with two attached hydrogens (primary N) is 1. The largest absolute Gasteiger partial charge is 0.508 e. The van der Waals surface area contributed by atoms with Crippen LogP contribution in [0.1, 0.15) is 18.9 Å². The van der Waals surface area contributed by atoms with Gasteiger partial charge in [-0.05, 0) is 24.6 Å². The first kappa shape index (κ1) is 15.0. The molecule has 6 heteroatoms. The Balaban J connectivity index is 2.65. The standard InChI is InChI=1S/C13H18N2O4/c1-8(14)6-12(17)15-11(13(18)19)7-9-2-4-10(16)5-3-9/h2-5,8,11,16H,6-7,14H2,1H3,(H,15,17)(H,18,19)/t8?,11-/m1/s1. The third kappa shape index (κ3) is 5.39. The van der Waals surface area contributed by atoms with Crippen LogP contribution in [0.2, 0.25) is 0 Å². The van der Waals surface area contributed by atoms with Gasteiger partial charge in [0.25, 0.3) is 0 Å². The van der Waals surface area contributed by atoms with Gasteiger partial charge < -0.3 is 21.3 Å². The van der Waals surface area contributed by atoms with Crippen LogP contribution in [0, 0.1) is 0 Å². The molecule has 1 rings (SSSR count). The van der Waals surface area contributed by atoms with E-state index in [4.69, 9.17) is 15.9 Å². The number of carbonyl (C=O) groups is 2. The number of carbonyl (C=O) groups excluding carboxylic acids is 1. The minimum atomic E-state index is -1.11. The second-order valence-corrected chi connectivity index (χ2v) is 4.51. The predicted octanol–water partition coefficient (Wildman–Crippen LogP) is 0.241. The second kappa shape index (κ2) is 6.75. The molecular formula is C13H18N2O4. The van der Waals surface area contributed by atoms with E-state index in [-0.39, 0.29) is 30.5 Å². The van der Waals surface area contributed by atoms with Crippen LogP contribution in [-0.2, 0) is 16.0 Å². The van der Waals surface area contributed by atoms with E-state index in [0.29, 0.717) is 5.56 Å². The van der Waals surface area contributed by atoms with E-state index in [1.807, 2.05) is 0 Å². The smallest absolute Gasteiger partial charge is 0.326 e. The third-order valence-corrected chi connectivity index (χ3v) is 2.52. The van der Waals surface area contributed by atoms with E-state index < -0.39 is 12.0 Å². The number of nitrogens with one attached hydrogen (secondary N) is 1. The van der Waals surface area contributed by atoms with Crippen LogP contribution >= 0.6 is 0 Å². The minimum Gasteiger partial charge on any atom is -0.508 e. The van der Waals surface area contributed by atoms with Crippen molar-refractivity contribution in [3.8, 4) is 5.75 Å². The van der Waals surface area contributed by atoms with Crippen molar-refractivity contribution < 1.29 is 19.8 Å². The lowest BCUT2D eigenvalue weighted by atomic mass is 10.1. The molecule has 104 valence electrons. The maximum Gasteiger partial charge on any atom is 0.326 e. The Hall–Kier alpha value is -2.08. The van der Waals surface area contributed by atoms with Crippen molar-refractivity contribution in [1.29, 1.82) is 0 Å². The average Bonchev–Trinajstić information content (AvgIpc) is 2.29. The topological polar surface area (TPSA) is 113 Å². The highest BCUT2D eigenvalue weighted by molar-refractivity contribution is 5.84. The molecule has 1 amide bonds. The fourth-order valence-corrected chi connectivity index (χ4v) is 1.61. The maximum absolute atomic E-state index is 11.5. The lowest BCUT2D eigenvalue weighted by Gasteiger charge is -2.15. The monoisotopic (exact) mass is 266 g/mol. The first-order valence-electron chi connectivity index (χ1n) is 5.94. The Bertz CT molecular complexity index is 442. The first-order valence-corrected chi connectivity index (χ1v) is 5.94. The Morgan fingerprint density at radius 3 is 2.37 bits per heavy atom. The van der Waals surface area contributed by atoms with E-state index in [2.05, 4.69) is 5.32 Å². The molecule has 0 saturated carbocycles. The highest BCUT2D eigenvalue weighted by Crippen LogP contribution is 2.11. The van der Waals surface area contributed by atoms with Crippen LogP contribution in [0.25, 0.3) is 0 Å². The van der Waals surface area contributed by atoms with Crippen molar-refractivity contribution in [3.05, 3.63) is 29.8 Å². The number of hydrogen-bond donors (Lipinski definition) is 4. The molecule has 1 unspecified atom stereocenters. The second-order valence-electron chi connectivity index (χ2n) is 4.51. The van der Waals surface area contributed by atoms with E-state index in [0.717, 1.165) is 0 Å². The number of hydrogen-bond acceptors (Lipinski definition) is 4. The molecule has 0 radical (unpaired) electrons. The lowest BCUT2D eigenvalue weighted by molar-refractivity contribution is -0.141. The number of rotatable bonds is 6. The summed E-state index contributed by atoms with van der Waals surface area (Å²) in [6.07, 6.45) is 0.236. The summed E-state index contributed by atoms with van der Waals surface area (Å²) in [5.41, 5.74) is 6.19. The van der Waals surface area contributed by atoms with Crippen molar-refractivity contribution in [2.45, 2.75) is 31.8 Å². The first-order chi connectivity index (χ1) is 8.88. The van der Waals surface area contributed by atoms with Crippen LogP contribution in [0.3, 0.4) is 0 Å². The van der Waals surface area contributed by atoms with E-state index >= 15 is 0 Å². The number of amides is 1. The van der Waals surface area contributed by atoms with Gasteiger partial charge in [-0.2, -0.15) is 0 Å². The molecule has 5 N–H and O–H groups in total. The summed E-state index contributed by atoms with van der Waals surface area (Å²) >= 11 is 0. The van der Waals surface area contributed by atoms with Crippen molar-refractivity contribution >= 4 is 11.9 Å². The van der Waals surface area contributed by atoms with Crippen molar-refractivity contribution in [1.82, 2.24) is 5.32 Å². The van der Waals surface area contributed by atoms with Crippen LogP contribution in [0.5, 0.6) is 5.75 Å². The summed E-state index contributed by atoms with van der Waals surface area (Å²) in [6, 6.07) is 4.85. The Labute approximate surface area is 111 Å². The van der Waals surface area contributed by atoms with Crippen molar-refractivity contribution in [3.63, 3.8) is 0 Å². The summed E-state index contributed by atoms with van der Waals surface area (Å²) < 4.78 is 0. The zero-order chi connectivity index (χ0) is 14.4. The molecule has 0 aliphatic carbocycles. The van der Waals surface area contributed by atoms with Crippen molar-refractivity contribution in [2.24, 2.45) is 5.73 Å². The van der Waals surface area contributed by atoms with Crippen LogP contribution in [0.4, 0.5) is 0 Å². The average molecular weight is 266 g/mol. The van der Waals surface area contributed by atoms with E-state index in [1.165, 1.54) is 12.1 Å². The summed E-state index contributed by atoms with van der Waals surface area (Å²) in [4.78, 5) is 22.6. The van der Waals surface area contributed by atoms with Gasteiger partial charge in [0.15, 0.2) is 0 Å². The molecule has 0 aliphatic rings. The molecule has 0 aliphatic heterocycles. The number of aliphatic carboxylic acids is 1. The van der Waals surface area contributed by atoms with Crippen LogP contribution in [-0.4, -0.2) is 34.2 Å². The number of phenols is 1. The van der Waals surface area contributed by atoms with Gasteiger partial charge in [-0.3, -0.25) is 4.79 Å². The molecule has 0 heterocycles. The normalized spacial score (nSPS) is 13.6. The fraction of sp³-hybridized carbons (Fsp3) is 0.385. The molecule has 0 spiro atoms. The molecule has 2 atom stereocenters. The zero-order valence-corrected chi connectivity index (χ0v) is 10.7. The van der Waals surface area contributed by atoms with Gasteiger partial charge in [0.1, 0.15) is 11.8 Å². The summed E-state index contributed by atoms with van der Waals surface area (Å²) in [5.74, 6) is -1.39. The lowest BCUT2D eigenvalue weighted by Crippen LogP contribution is -2.43. The van der Waals surface area contributed by atoms with Gasteiger partial charge in [0.05, 0.1) is 0 Å². The zero-order valence-electron chi connectivity index (χ0n) is 10.7. The molecule has 0 fully saturated rings. The fourth-order valence-electron chi connectivity index (χ4n) is 1.61. The van der Waals surface area contributed by atoms with Crippen LogP contribution < -0.4 is 11.1 Å². The van der Waals surface area contributed by atoms with Gasteiger partial charge >= 0.3 is 5.97 Å². The van der Waals surface area contributed by atoms with Gasteiger partial charge in [-0.25, -0.2) is 4.79 Å². The molecule has 1 aromatic carbocycles. The SMILES string of the molecule is CC(N)CC(=O)N[C@H](Cc1ccc(O)cc1)C(=O)O. The summed E-state index contributed by atoms with van der Waals surface area (Å²) in [6.45, 7) is 1.68. The maximum atomic E-state index is 11.5. The Kier molecular flexibility index (Phi) is 5.32. The van der Waals surface area contributed by atoms with Gasteiger partial charge in [-0.1, -0.05) is 12.1 Å². The molecule has 19 heavy (non-hydrogen) atoms. The molecule has 0 saturated heterocycles. The van der Waals surface area contributed by atoms with Gasteiger partial charge in [-0.15, -0.1) is 0 Å². The summed E-state index contributed by atoms with van der Waals surface area (Å²) in [7, 11) is 0. The number of carboxylic acids is 1. The Morgan fingerprint density at radius 2 is 1.89 bits per heavy atom. The van der Waals surface area contributed by atoms with E-state index in [1.54, 1.807) is 19.1 Å². The number of benzene rings is 1. The van der Waals surface area contributed by atoms with Crippen molar-refractivity contribution in [2.75, 3.05) is 0 Å². The number of phenolic OH excluding ortho intramolecular Hbond substituents is 1. The van der Waals surface area contributed by atoms with Crippen LogP contribution in [0.15, 0.2) is 24.3 Å². The molecule has 1 aromatic rings. The van der Waals surface area contributed by atoms with Gasteiger partial charge in [0, 0.05) is 18.9 Å². The number of carboxylic acid groups (broad SMARTS) is 1. The highest BCUT2D eigenvalue weighted by atomic mass is 16.4.